The number of piperidine rings is 2. The molecule has 2 fully saturated rings. The number of hydrogen-bond donors (Lipinski definition) is 2. The van der Waals surface area contributed by atoms with Gasteiger partial charge < -0.3 is 15.1 Å². The molecule has 2 aliphatic rings. The number of carbonyl (C=O) groups is 1. The molecule has 1 aromatic carbocycles. The fourth-order valence-electron chi connectivity index (χ4n) is 3.98. The van der Waals surface area contributed by atoms with Crippen molar-refractivity contribution in [3.05, 3.63) is 53.7 Å². The fourth-order valence-corrected chi connectivity index (χ4v) is 3.98. The van der Waals surface area contributed by atoms with Gasteiger partial charge in [0, 0.05) is 31.6 Å². The average molecular weight is 368 g/mol. The van der Waals surface area contributed by atoms with Crippen LogP contribution in [0, 0.1) is 0 Å². The standard InChI is InChI=1S/C21H28N4O2/c26-20(19-15-27-21(24-19)17-6-10-22-11-7-17)23-18-8-12-25(13-9-18)14-16-4-2-1-3-5-16/h1-5,15,17-18,22H,6-14H2,(H,23,26). The summed E-state index contributed by atoms with van der Waals surface area (Å²) in [5, 5.41) is 6.47. The first kappa shape index (κ1) is 18.2. The van der Waals surface area contributed by atoms with Gasteiger partial charge in [0.25, 0.3) is 5.91 Å². The Hall–Kier alpha value is -2.18. The fraction of sp³-hybridized carbons (Fsp3) is 0.524. The molecule has 2 aromatic rings. The van der Waals surface area contributed by atoms with Crippen molar-refractivity contribution in [1.29, 1.82) is 0 Å². The van der Waals surface area contributed by atoms with Crippen molar-refractivity contribution in [2.45, 2.75) is 44.2 Å². The van der Waals surface area contributed by atoms with E-state index in [-0.39, 0.29) is 11.9 Å². The lowest BCUT2D eigenvalue weighted by molar-refractivity contribution is 0.0904. The minimum absolute atomic E-state index is 0.111. The summed E-state index contributed by atoms with van der Waals surface area (Å²) in [7, 11) is 0. The highest BCUT2D eigenvalue weighted by atomic mass is 16.3. The average Bonchev–Trinajstić information content (AvgIpc) is 3.21. The molecule has 2 aliphatic heterocycles. The third-order valence-corrected chi connectivity index (χ3v) is 5.61. The molecular weight excluding hydrogens is 340 g/mol. The Morgan fingerprint density at radius 1 is 1.15 bits per heavy atom. The first-order chi connectivity index (χ1) is 13.3. The van der Waals surface area contributed by atoms with Gasteiger partial charge in [-0.05, 0) is 44.3 Å². The van der Waals surface area contributed by atoms with Crippen LogP contribution in [0.25, 0.3) is 0 Å². The second-order valence-electron chi connectivity index (χ2n) is 7.60. The van der Waals surface area contributed by atoms with Crippen LogP contribution in [0.5, 0.6) is 0 Å². The Morgan fingerprint density at radius 3 is 2.63 bits per heavy atom. The number of nitrogens with one attached hydrogen (secondary N) is 2. The van der Waals surface area contributed by atoms with E-state index >= 15 is 0 Å². The van der Waals surface area contributed by atoms with Gasteiger partial charge in [-0.2, -0.15) is 0 Å². The Bertz CT molecular complexity index is 732. The zero-order valence-corrected chi connectivity index (χ0v) is 15.7. The second kappa shape index (κ2) is 8.67. The maximum absolute atomic E-state index is 12.5. The number of hydrogen-bond acceptors (Lipinski definition) is 5. The smallest absolute Gasteiger partial charge is 0.273 e. The summed E-state index contributed by atoms with van der Waals surface area (Å²) < 4.78 is 5.59. The van der Waals surface area contributed by atoms with Crippen LogP contribution in [0.3, 0.4) is 0 Å². The number of benzene rings is 1. The van der Waals surface area contributed by atoms with Gasteiger partial charge in [-0.15, -0.1) is 0 Å². The Labute approximate surface area is 160 Å². The monoisotopic (exact) mass is 368 g/mol. The number of nitrogens with zero attached hydrogens (tertiary/aromatic N) is 2. The molecule has 1 amide bonds. The topological polar surface area (TPSA) is 70.4 Å². The van der Waals surface area contributed by atoms with E-state index in [1.807, 2.05) is 6.07 Å². The number of carbonyl (C=O) groups excluding carboxylic acids is 1. The van der Waals surface area contributed by atoms with Crippen LogP contribution >= 0.6 is 0 Å². The van der Waals surface area contributed by atoms with Crippen LogP contribution in [0.2, 0.25) is 0 Å². The molecule has 144 valence electrons. The Kier molecular flexibility index (Phi) is 5.84. The predicted molar refractivity (Wildman–Crippen MR) is 104 cm³/mol. The Balaban J connectivity index is 1.25. The van der Waals surface area contributed by atoms with Crippen LogP contribution in [-0.2, 0) is 6.54 Å². The third-order valence-electron chi connectivity index (χ3n) is 5.61. The van der Waals surface area contributed by atoms with Gasteiger partial charge in [-0.1, -0.05) is 30.3 Å². The van der Waals surface area contributed by atoms with Crippen molar-refractivity contribution >= 4 is 5.91 Å². The molecule has 2 N–H and O–H groups in total. The van der Waals surface area contributed by atoms with Crippen LogP contribution < -0.4 is 10.6 Å². The minimum Gasteiger partial charge on any atom is -0.448 e. The SMILES string of the molecule is O=C(NC1CCN(Cc2ccccc2)CC1)c1coc(C2CCNCC2)n1. The van der Waals surface area contributed by atoms with E-state index in [4.69, 9.17) is 4.42 Å². The zero-order chi connectivity index (χ0) is 18.5. The number of aromatic nitrogens is 1. The summed E-state index contributed by atoms with van der Waals surface area (Å²) in [4.78, 5) is 19.4. The van der Waals surface area contributed by atoms with E-state index in [9.17, 15) is 4.79 Å². The van der Waals surface area contributed by atoms with E-state index in [0.717, 1.165) is 58.4 Å². The van der Waals surface area contributed by atoms with Gasteiger partial charge in [0.2, 0.25) is 0 Å². The lowest BCUT2D eigenvalue weighted by atomic mass is 9.98. The van der Waals surface area contributed by atoms with Gasteiger partial charge in [0.05, 0.1) is 0 Å². The number of oxazole rings is 1. The van der Waals surface area contributed by atoms with Gasteiger partial charge in [0.15, 0.2) is 11.6 Å². The highest BCUT2D eigenvalue weighted by molar-refractivity contribution is 5.92. The summed E-state index contributed by atoms with van der Waals surface area (Å²) in [5.74, 6) is 0.925. The van der Waals surface area contributed by atoms with Crippen LogP contribution in [0.1, 0.15) is 53.5 Å². The molecule has 0 aliphatic carbocycles. The molecule has 0 radical (unpaired) electrons. The maximum atomic E-state index is 12.5. The van der Waals surface area contributed by atoms with Crippen molar-refractivity contribution in [1.82, 2.24) is 20.5 Å². The third kappa shape index (κ3) is 4.76. The van der Waals surface area contributed by atoms with Crippen molar-refractivity contribution in [2.75, 3.05) is 26.2 Å². The highest BCUT2D eigenvalue weighted by Gasteiger charge is 2.25. The largest absolute Gasteiger partial charge is 0.448 e. The molecule has 6 nitrogen and oxygen atoms in total. The van der Waals surface area contributed by atoms with Gasteiger partial charge >= 0.3 is 0 Å². The van der Waals surface area contributed by atoms with Crippen LogP contribution in [-0.4, -0.2) is 48.0 Å². The summed E-state index contributed by atoms with van der Waals surface area (Å²) >= 11 is 0. The normalized spacial score (nSPS) is 19.9. The van der Waals surface area contributed by atoms with E-state index in [1.165, 1.54) is 11.8 Å². The molecule has 6 heteroatoms. The van der Waals surface area contributed by atoms with Crippen molar-refractivity contribution in [3.63, 3.8) is 0 Å². The van der Waals surface area contributed by atoms with Crippen LogP contribution in [0.15, 0.2) is 41.0 Å². The molecular formula is C21H28N4O2. The quantitative estimate of drug-likeness (QED) is 0.849. The maximum Gasteiger partial charge on any atom is 0.273 e. The first-order valence-electron chi connectivity index (χ1n) is 10.0. The van der Waals surface area contributed by atoms with E-state index in [2.05, 4.69) is 44.8 Å². The predicted octanol–water partition coefficient (Wildman–Crippen LogP) is 2.54. The molecule has 0 unspecified atom stereocenters. The second-order valence-corrected chi connectivity index (χ2v) is 7.60. The first-order valence-corrected chi connectivity index (χ1v) is 10.0. The van der Waals surface area contributed by atoms with E-state index in [0.29, 0.717) is 17.5 Å². The number of amides is 1. The molecule has 27 heavy (non-hydrogen) atoms. The number of likely N-dealkylation sites (tertiary alicyclic amines) is 1. The van der Waals surface area contributed by atoms with E-state index in [1.54, 1.807) is 0 Å². The molecule has 1 aromatic heterocycles. The molecule has 0 atom stereocenters. The molecule has 4 rings (SSSR count). The summed E-state index contributed by atoms with van der Waals surface area (Å²) in [5.41, 5.74) is 1.75. The Morgan fingerprint density at radius 2 is 1.89 bits per heavy atom. The van der Waals surface area contributed by atoms with Crippen molar-refractivity contribution in [3.8, 4) is 0 Å². The lowest BCUT2D eigenvalue weighted by Crippen LogP contribution is -2.44. The number of rotatable bonds is 5. The van der Waals surface area contributed by atoms with Gasteiger partial charge in [0.1, 0.15) is 6.26 Å². The molecule has 0 saturated carbocycles. The van der Waals surface area contributed by atoms with Gasteiger partial charge in [-0.3, -0.25) is 9.69 Å². The molecule has 0 spiro atoms. The summed E-state index contributed by atoms with van der Waals surface area (Å²) in [6, 6.07) is 10.8. The molecule has 2 saturated heterocycles. The lowest BCUT2D eigenvalue weighted by Gasteiger charge is -2.32. The summed E-state index contributed by atoms with van der Waals surface area (Å²) in [6.45, 7) is 4.94. The van der Waals surface area contributed by atoms with Gasteiger partial charge in [-0.25, -0.2) is 4.98 Å². The summed E-state index contributed by atoms with van der Waals surface area (Å²) in [6.07, 6.45) is 5.48. The van der Waals surface area contributed by atoms with Crippen molar-refractivity contribution in [2.24, 2.45) is 0 Å². The highest BCUT2D eigenvalue weighted by Crippen LogP contribution is 2.24. The zero-order valence-electron chi connectivity index (χ0n) is 15.7. The van der Waals surface area contributed by atoms with Crippen molar-refractivity contribution < 1.29 is 9.21 Å². The van der Waals surface area contributed by atoms with Crippen LogP contribution in [0.4, 0.5) is 0 Å². The minimum atomic E-state index is -0.111. The van der Waals surface area contributed by atoms with E-state index < -0.39 is 0 Å². The molecule has 3 heterocycles. The molecule has 0 bridgehead atoms.